The number of hydrogen-bond donors (Lipinski definition) is 1. The third kappa shape index (κ3) is 4.94. The molecule has 2 rings (SSSR count). The molecule has 0 aliphatic rings. The number of halogens is 3. The van der Waals surface area contributed by atoms with Crippen LogP contribution in [0.25, 0.3) is 0 Å². The SMILES string of the molecule is Cc1cc(OC(C)C(=O)N/N=C/c2c(F)cccc2Cl)cc(C)c1Cl. The Kier molecular flexibility index (Phi) is 6.39. The summed E-state index contributed by atoms with van der Waals surface area (Å²) < 4.78 is 19.2. The van der Waals surface area contributed by atoms with Crippen molar-refractivity contribution in [3.05, 3.63) is 62.9 Å². The molecule has 25 heavy (non-hydrogen) atoms. The highest BCUT2D eigenvalue weighted by molar-refractivity contribution is 6.33. The number of aryl methyl sites for hydroxylation is 2. The molecule has 1 amide bonds. The monoisotopic (exact) mass is 382 g/mol. The zero-order chi connectivity index (χ0) is 18.6. The summed E-state index contributed by atoms with van der Waals surface area (Å²) in [5.41, 5.74) is 4.12. The molecule has 132 valence electrons. The number of carbonyl (C=O) groups is 1. The Balaban J connectivity index is 2.00. The van der Waals surface area contributed by atoms with E-state index in [2.05, 4.69) is 10.5 Å². The molecule has 0 saturated carbocycles. The van der Waals surface area contributed by atoms with Crippen molar-refractivity contribution in [2.75, 3.05) is 0 Å². The van der Waals surface area contributed by atoms with Crippen LogP contribution in [0.2, 0.25) is 10.0 Å². The lowest BCUT2D eigenvalue weighted by Crippen LogP contribution is -2.33. The summed E-state index contributed by atoms with van der Waals surface area (Å²) in [6.07, 6.45) is 0.354. The lowest BCUT2D eigenvalue weighted by Gasteiger charge is -2.15. The van der Waals surface area contributed by atoms with Crippen LogP contribution in [-0.4, -0.2) is 18.2 Å². The van der Waals surface area contributed by atoms with Crippen molar-refractivity contribution in [1.82, 2.24) is 5.43 Å². The minimum atomic E-state index is -0.798. The smallest absolute Gasteiger partial charge is 0.280 e. The molecule has 2 aromatic carbocycles. The third-order valence-electron chi connectivity index (χ3n) is 3.46. The highest BCUT2D eigenvalue weighted by Gasteiger charge is 2.15. The van der Waals surface area contributed by atoms with E-state index in [0.717, 1.165) is 17.3 Å². The Morgan fingerprint density at radius 2 is 1.92 bits per heavy atom. The maximum Gasteiger partial charge on any atom is 0.280 e. The average Bonchev–Trinajstić information content (AvgIpc) is 2.55. The van der Waals surface area contributed by atoms with Gasteiger partial charge in [-0.25, -0.2) is 9.82 Å². The summed E-state index contributed by atoms with van der Waals surface area (Å²) in [5, 5.41) is 4.59. The molecule has 0 heterocycles. The number of nitrogens with zero attached hydrogens (tertiary/aromatic N) is 1. The van der Waals surface area contributed by atoms with Crippen molar-refractivity contribution in [2.45, 2.75) is 26.9 Å². The van der Waals surface area contributed by atoms with Gasteiger partial charge in [-0.05, 0) is 56.2 Å². The normalized spacial score (nSPS) is 12.2. The number of rotatable bonds is 5. The number of hydrogen-bond acceptors (Lipinski definition) is 3. The van der Waals surface area contributed by atoms with E-state index in [1.807, 2.05) is 13.8 Å². The van der Waals surface area contributed by atoms with Gasteiger partial charge in [0.25, 0.3) is 5.91 Å². The van der Waals surface area contributed by atoms with E-state index in [0.29, 0.717) is 10.8 Å². The van der Waals surface area contributed by atoms with Crippen LogP contribution in [0, 0.1) is 19.7 Å². The number of benzene rings is 2. The van der Waals surface area contributed by atoms with Crippen molar-refractivity contribution < 1.29 is 13.9 Å². The van der Waals surface area contributed by atoms with Crippen molar-refractivity contribution >= 4 is 35.3 Å². The molecule has 0 aliphatic heterocycles. The fourth-order valence-corrected chi connectivity index (χ4v) is 2.44. The first-order valence-corrected chi connectivity index (χ1v) is 8.25. The quantitative estimate of drug-likeness (QED) is 0.603. The average molecular weight is 383 g/mol. The molecular formula is C18H17Cl2FN2O2. The molecular weight excluding hydrogens is 366 g/mol. The van der Waals surface area contributed by atoms with E-state index in [1.54, 1.807) is 19.1 Å². The van der Waals surface area contributed by atoms with Gasteiger partial charge < -0.3 is 4.74 Å². The molecule has 1 atom stereocenters. The van der Waals surface area contributed by atoms with Gasteiger partial charge in [0.1, 0.15) is 11.6 Å². The predicted molar refractivity (Wildman–Crippen MR) is 98.2 cm³/mol. The second-order valence-electron chi connectivity index (χ2n) is 5.50. The fourth-order valence-electron chi connectivity index (χ4n) is 2.12. The van der Waals surface area contributed by atoms with E-state index >= 15 is 0 Å². The number of hydrazone groups is 1. The van der Waals surface area contributed by atoms with Gasteiger partial charge in [-0.15, -0.1) is 0 Å². The van der Waals surface area contributed by atoms with Gasteiger partial charge in [-0.2, -0.15) is 5.10 Å². The molecule has 0 aromatic heterocycles. The molecule has 0 spiro atoms. The molecule has 2 aromatic rings. The molecule has 4 nitrogen and oxygen atoms in total. The van der Waals surface area contributed by atoms with Crippen LogP contribution in [0.15, 0.2) is 35.4 Å². The molecule has 0 fully saturated rings. The van der Waals surface area contributed by atoms with Crippen LogP contribution in [0.1, 0.15) is 23.6 Å². The molecule has 1 unspecified atom stereocenters. The fraction of sp³-hybridized carbons (Fsp3) is 0.222. The first kappa shape index (κ1) is 19.2. The maximum atomic E-state index is 13.6. The molecule has 0 aliphatic carbocycles. The Labute approximate surface area is 155 Å². The van der Waals surface area contributed by atoms with Gasteiger partial charge in [0.15, 0.2) is 6.10 Å². The largest absolute Gasteiger partial charge is 0.481 e. The third-order valence-corrected chi connectivity index (χ3v) is 4.39. The molecule has 0 radical (unpaired) electrons. The van der Waals surface area contributed by atoms with Crippen LogP contribution in [0.3, 0.4) is 0 Å². The molecule has 1 N–H and O–H groups in total. The van der Waals surface area contributed by atoms with Gasteiger partial charge in [0, 0.05) is 10.6 Å². The summed E-state index contributed by atoms with van der Waals surface area (Å²) in [6.45, 7) is 5.30. The van der Waals surface area contributed by atoms with Crippen LogP contribution in [0.5, 0.6) is 5.75 Å². The Morgan fingerprint density at radius 3 is 2.52 bits per heavy atom. The first-order valence-electron chi connectivity index (χ1n) is 7.50. The van der Waals surface area contributed by atoms with Gasteiger partial charge in [-0.3, -0.25) is 4.79 Å². The molecule has 0 saturated heterocycles. The molecule has 7 heteroatoms. The van der Waals surface area contributed by atoms with Crippen LogP contribution < -0.4 is 10.2 Å². The van der Waals surface area contributed by atoms with Crippen LogP contribution in [-0.2, 0) is 4.79 Å². The van der Waals surface area contributed by atoms with Crippen molar-refractivity contribution in [1.29, 1.82) is 0 Å². The second-order valence-corrected chi connectivity index (χ2v) is 6.29. The number of amides is 1. The van der Waals surface area contributed by atoms with Gasteiger partial charge in [0.2, 0.25) is 0 Å². The Bertz CT molecular complexity index is 781. The van der Waals surface area contributed by atoms with E-state index < -0.39 is 17.8 Å². The van der Waals surface area contributed by atoms with E-state index in [1.165, 1.54) is 18.2 Å². The van der Waals surface area contributed by atoms with Gasteiger partial charge in [0.05, 0.1) is 11.2 Å². The Hall–Kier alpha value is -2.11. The number of ether oxygens (including phenoxy) is 1. The molecule has 0 bridgehead atoms. The van der Waals surface area contributed by atoms with Crippen molar-refractivity contribution in [2.24, 2.45) is 5.10 Å². The topological polar surface area (TPSA) is 50.7 Å². The van der Waals surface area contributed by atoms with Crippen LogP contribution in [0.4, 0.5) is 4.39 Å². The number of carbonyl (C=O) groups excluding carboxylic acids is 1. The maximum absolute atomic E-state index is 13.6. The highest BCUT2D eigenvalue weighted by atomic mass is 35.5. The number of nitrogens with one attached hydrogen (secondary N) is 1. The van der Waals surface area contributed by atoms with E-state index in [-0.39, 0.29) is 10.6 Å². The predicted octanol–water partition coefficient (Wildman–Crippen LogP) is 4.67. The van der Waals surface area contributed by atoms with E-state index in [9.17, 15) is 9.18 Å². The zero-order valence-electron chi connectivity index (χ0n) is 13.9. The van der Waals surface area contributed by atoms with Crippen molar-refractivity contribution in [3.8, 4) is 5.75 Å². The second kappa shape index (κ2) is 8.32. The van der Waals surface area contributed by atoms with Gasteiger partial charge in [-0.1, -0.05) is 29.3 Å². The minimum absolute atomic E-state index is 0.0991. The van der Waals surface area contributed by atoms with Crippen molar-refractivity contribution in [3.63, 3.8) is 0 Å². The Morgan fingerprint density at radius 1 is 1.28 bits per heavy atom. The van der Waals surface area contributed by atoms with E-state index in [4.69, 9.17) is 27.9 Å². The summed E-state index contributed by atoms with van der Waals surface area (Å²) in [5.74, 6) is -0.473. The minimum Gasteiger partial charge on any atom is -0.481 e. The summed E-state index contributed by atoms with van der Waals surface area (Å²) >= 11 is 12.0. The lowest BCUT2D eigenvalue weighted by molar-refractivity contribution is -0.127. The van der Waals surface area contributed by atoms with Crippen LogP contribution >= 0.6 is 23.2 Å². The summed E-state index contributed by atoms with van der Waals surface area (Å²) in [4.78, 5) is 12.0. The summed E-state index contributed by atoms with van der Waals surface area (Å²) in [7, 11) is 0. The first-order chi connectivity index (χ1) is 11.8. The zero-order valence-corrected chi connectivity index (χ0v) is 15.5. The lowest BCUT2D eigenvalue weighted by atomic mass is 10.1. The van der Waals surface area contributed by atoms with Gasteiger partial charge >= 0.3 is 0 Å². The standard InChI is InChI=1S/C18H17Cl2FN2O2/c1-10-7-13(8-11(2)17(10)20)25-12(3)18(24)23-22-9-14-15(19)5-4-6-16(14)21/h4-9,12H,1-3H3,(H,23,24)/b22-9+. The highest BCUT2D eigenvalue weighted by Crippen LogP contribution is 2.26. The summed E-state index contributed by atoms with van der Waals surface area (Å²) in [6, 6.07) is 7.78.